The molecular weight excluding hydrogens is 447 g/mol. The smallest absolute Gasteiger partial charge is 0.168 e. The first-order chi connectivity index (χ1) is 13.9. The third kappa shape index (κ3) is 3.48. The monoisotopic (exact) mass is 464 g/mol. The van der Waals surface area contributed by atoms with Gasteiger partial charge >= 0.3 is 0 Å². The highest BCUT2D eigenvalue weighted by atomic mass is 35.5. The lowest BCUT2D eigenvalue weighted by Gasteiger charge is -2.30. The Morgan fingerprint density at radius 1 is 1.14 bits per heavy atom. The molecule has 3 aromatic rings. The van der Waals surface area contributed by atoms with Gasteiger partial charge in [-0.1, -0.05) is 66.0 Å². The fraction of sp³-hybridized carbons (Fsp3) is 0.286. The summed E-state index contributed by atoms with van der Waals surface area (Å²) >= 11 is 20.7. The van der Waals surface area contributed by atoms with Crippen LogP contribution < -0.4 is 0 Å². The predicted octanol–water partition coefficient (Wildman–Crippen LogP) is 6.97. The molecule has 0 fully saturated rings. The largest absolute Gasteiger partial charge is 0.236 e. The van der Waals surface area contributed by atoms with Crippen LogP contribution in [0.25, 0.3) is 16.7 Å². The molecule has 0 amide bonds. The highest BCUT2D eigenvalue weighted by Crippen LogP contribution is 2.42. The molecule has 29 heavy (non-hydrogen) atoms. The Kier molecular flexibility index (Phi) is 5.68. The maximum absolute atomic E-state index is 6.50. The summed E-state index contributed by atoms with van der Waals surface area (Å²) in [6.07, 6.45) is 12.4. The molecule has 1 unspecified atom stereocenters. The number of aryl methyl sites for hydroxylation is 1. The first-order valence-corrected chi connectivity index (χ1v) is 11.6. The van der Waals surface area contributed by atoms with Gasteiger partial charge in [0.05, 0.1) is 21.1 Å². The van der Waals surface area contributed by atoms with Gasteiger partial charge < -0.3 is 0 Å². The lowest BCUT2D eigenvalue weighted by Crippen LogP contribution is -2.25. The van der Waals surface area contributed by atoms with E-state index in [-0.39, 0.29) is 5.41 Å². The average molecular weight is 466 g/mol. The van der Waals surface area contributed by atoms with Crippen molar-refractivity contribution in [3.8, 4) is 5.69 Å². The number of aromatic nitrogens is 4. The predicted molar refractivity (Wildman–Crippen MR) is 123 cm³/mol. The quantitative estimate of drug-likeness (QED) is 0.390. The molecule has 0 saturated carbocycles. The number of nitrogens with zero attached hydrogens (tertiary/aromatic N) is 4. The Morgan fingerprint density at radius 3 is 2.45 bits per heavy atom. The highest BCUT2D eigenvalue weighted by Gasteiger charge is 2.34. The Labute approximate surface area is 189 Å². The molecule has 2 heterocycles. The van der Waals surface area contributed by atoms with E-state index in [9.17, 15) is 0 Å². The van der Waals surface area contributed by atoms with E-state index in [2.05, 4.69) is 31.2 Å². The van der Waals surface area contributed by atoms with Gasteiger partial charge in [0.15, 0.2) is 5.65 Å². The fourth-order valence-corrected chi connectivity index (χ4v) is 5.29. The Hall–Kier alpha value is -1.53. The number of halogens is 3. The zero-order valence-electron chi connectivity index (χ0n) is 16.2. The first-order valence-electron chi connectivity index (χ1n) is 9.21. The lowest BCUT2D eigenvalue weighted by molar-refractivity contribution is 0.505. The Bertz CT molecular complexity index is 1150. The van der Waals surface area contributed by atoms with Crippen LogP contribution in [0.4, 0.5) is 0 Å². The van der Waals surface area contributed by atoms with Crippen molar-refractivity contribution in [1.29, 1.82) is 0 Å². The summed E-state index contributed by atoms with van der Waals surface area (Å²) in [5, 5.41) is 7.90. The molecule has 0 aliphatic heterocycles. The summed E-state index contributed by atoms with van der Waals surface area (Å²) in [5.74, 6) is 0.679. The molecule has 1 aliphatic rings. The van der Waals surface area contributed by atoms with Crippen LogP contribution in [0.1, 0.15) is 31.3 Å². The molecule has 1 aromatic carbocycles. The van der Waals surface area contributed by atoms with Crippen LogP contribution in [0.15, 0.2) is 41.5 Å². The van der Waals surface area contributed by atoms with E-state index in [1.165, 1.54) is 0 Å². The number of hydrogen-bond donors (Lipinski definition) is 0. The van der Waals surface area contributed by atoms with Crippen LogP contribution in [0.3, 0.4) is 0 Å². The van der Waals surface area contributed by atoms with Crippen molar-refractivity contribution in [3.63, 3.8) is 0 Å². The van der Waals surface area contributed by atoms with E-state index < -0.39 is 0 Å². The van der Waals surface area contributed by atoms with E-state index in [1.54, 1.807) is 28.6 Å². The molecule has 0 radical (unpaired) electrons. The van der Waals surface area contributed by atoms with Crippen molar-refractivity contribution in [2.75, 3.05) is 6.26 Å². The second-order valence-electron chi connectivity index (χ2n) is 6.96. The third-order valence-corrected chi connectivity index (χ3v) is 6.71. The van der Waals surface area contributed by atoms with Gasteiger partial charge in [-0.05, 0) is 38.2 Å². The lowest BCUT2D eigenvalue weighted by atomic mass is 9.75. The molecule has 1 atom stereocenters. The van der Waals surface area contributed by atoms with Crippen LogP contribution in [-0.2, 0) is 5.41 Å². The molecule has 0 spiro atoms. The minimum absolute atomic E-state index is 0.202. The van der Waals surface area contributed by atoms with Gasteiger partial charge in [0.1, 0.15) is 16.5 Å². The summed E-state index contributed by atoms with van der Waals surface area (Å²) < 4.78 is 1.71. The van der Waals surface area contributed by atoms with Crippen molar-refractivity contribution in [2.45, 2.75) is 37.1 Å². The number of benzene rings is 1. The van der Waals surface area contributed by atoms with E-state index in [4.69, 9.17) is 49.9 Å². The maximum atomic E-state index is 6.50. The Balaban J connectivity index is 2.08. The van der Waals surface area contributed by atoms with Gasteiger partial charge in [-0.3, -0.25) is 0 Å². The molecule has 2 aromatic heterocycles. The van der Waals surface area contributed by atoms with Crippen LogP contribution in [-0.4, -0.2) is 26.0 Å². The maximum Gasteiger partial charge on any atom is 0.168 e. The third-order valence-electron chi connectivity index (χ3n) is 5.24. The summed E-state index contributed by atoms with van der Waals surface area (Å²) in [7, 11) is 0. The van der Waals surface area contributed by atoms with Crippen molar-refractivity contribution in [3.05, 3.63) is 63.0 Å². The van der Waals surface area contributed by atoms with Crippen molar-refractivity contribution < 1.29 is 0 Å². The number of thioether (sulfide) groups is 1. The number of hydrogen-bond acceptors (Lipinski definition) is 4. The van der Waals surface area contributed by atoms with Gasteiger partial charge in [0, 0.05) is 10.4 Å². The number of allylic oxidation sites excluding steroid dienone is 4. The molecular formula is C21H19Cl3N4S. The Morgan fingerprint density at radius 2 is 1.86 bits per heavy atom. The molecule has 1 aliphatic carbocycles. The fourth-order valence-electron chi connectivity index (χ4n) is 3.76. The highest BCUT2D eigenvalue weighted by molar-refractivity contribution is 7.98. The second-order valence-corrected chi connectivity index (χ2v) is 9.00. The zero-order chi connectivity index (χ0) is 20.8. The molecule has 0 bridgehead atoms. The second kappa shape index (κ2) is 7.95. The molecule has 8 heteroatoms. The van der Waals surface area contributed by atoms with Crippen LogP contribution in [0.2, 0.25) is 15.1 Å². The van der Waals surface area contributed by atoms with Gasteiger partial charge in [0.25, 0.3) is 0 Å². The van der Waals surface area contributed by atoms with Crippen LogP contribution >= 0.6 is 46.6 Å². The standard InChI is InChI=1S/C21H19Cl3N4S/c1-4-21(8-6-5-7-9-21)18-16-19(26-12(2)25-18)28(27-20(16)29-3)17-14(23)10-13(22)11-15(17)24/h5-8,10-11H,4,9H2,1-3H3. The minimum atomic E-state index is -0.202. The topological polar surface area (TPSA) is 43.6 Å². The number of fused-ring (bicyclic) bond motifs is 1. The molecule has 4 nitrogen and oxygen atoms in total. The van der Waals surface area contributed by atoms with Crippen molar-refractivity contribution in [2.24, 2.45) is 0 Å². The van der Waals surface area contributed by atoms with E-state index >= 15 is 0 Å². The summed E-state index contributed by atoms with van der Waals surface area (Å²) in [5.41, 5.74) is 2.04. The van der Waals surface area contributed by atoms with Gasteiger partial charge in [-0.15, -0.1) is 11.8 Å². The van der Waals surface area contributed by atoms with E-state index in [0.717, 1.165) is 28.9 Å². The normalized spacial score (nSPS) is 18.7. The van der Waals surface area contributed by atoms with E-state index in [0.29, 0.717) is 32.2 Å². The minimum Gasteiger partial charge on any atom is -0.236 e. The molecule has 4 rings (SSSR count). The van der Waals surface area contributed by atoms with E-state index in [1.807, 2.05) is 13.2 Å². The average Bonchev–Trinajstić information content (AvgIpc) is 3.05. The SMILES string of the molecule is CCC1(c2nc(C)nc3c2c(SC)nn3-c2c(Cl)cc(Cl)cc2Cl)C=CC=CC1. The van der Waals surface area contributed by atoms with Crippen molar-refractivity contribution in [1.82, 2.24) is 19.7 Å². The molecule has 0 N–H and O–H groups in total. The molecule has 0 saturated heterocycles. The summed E-state index contributed by atoms with van der Waals surface area (Å²) in [4.78, 5) is 9.62. The summed E-state index contributed by atoms with van der Waals surface area (Å²) in [6.45, 7) is 4.08. The number of rotatable bonds is 4. The zero-order valence-corrected chi connectivity index (χ0v) is 19.3. The van der Waals surface area contributed by atoms with Gasteiger partial charge in [-0.2, -0.15) is 5.10 Å². The van der Waals surface area contributed by atoms with Crippen molar-refractivity contribution >= 4 is 57.6 Å². The van der Waals surface area contributed by atoms with Gasteiger partial charge in [0.2, 0.25) is 0 Å². The van der Waals surface area contributed by atoms with Gasteiger partial charge in [-0.25, -0.2) is 14.6 Å². The van der Waals surface area contributed by atoms with Crippen LogP contribution in [0, 0.1) is 6.92 Å². The summed E-state index contributed by atoms with van der Waals surface area (Å²) in [6, 6.07) is 3.32. The molecule has 150 valence electrons. The van der Waals surface area contributed by atoms with Crippen LogP contribution in [0.5, 0.6) is 0 Å². The first kappa shape index (κ1) is 20.7.